The Morgan fingerprint density at radius 1 is 1.10 bits per heavy atom. The van der Waals surface area contributed by atoms with Crippen molar-refractivity contribution in [1.82, 2.24) is 14.9 Å². The van der Waals surface area contributed by atoms with Crippen LogP contribution in [0.3, 0.4) is 0 Å². The summed E-state index contributed by atoms with van der Waals surface area (Å²) in [6, 6.07) is 15.3. The zero-order chi connectivity index (χ0) is 21.5. The van der Waals surface area contributed by atoms with Crippen LogP contribution in [0.25, 0.3) is 11.1 Å². The Morgan fingerprint density at radius 2 is 1.80 bits per heavy atom. The third-order valence-electron chi connectivity index (χ3n) is 4.34. The van der Waals surface area contributed by atoms with Crippen molar-refractivity contribution in [2.75, 3.05) is 19.4 Å². The Kier molecular flexibility index (Phi) is 6.59. The number of hydrogen-bond acceptors (Lipinski definition) is 6. The molecule has 0 aliphatic carbocycles. The summed E-state index contributed by atoms with van der Waals surface area (Å²) in [7, 11) is 3.19. The summed E-state index contributed by atoms with van der Waals surface area (Å²) >= 11 is 0. The minimum absolute atomic E-state index is 0.218. The van der Waals surface area contributed by atoms with Crippen LogP contribution in [0.4, 0.5) is 10.6 Å². The van der Waals surface area contributed by atoms with Gasteiger partial charge in [0.1, 0.15) is 23.9 Å². The molecular formula is C22H22N4O4. The molecule has 0 fully saturated rings. The lowest BCUT2D eigenvalue weighted by atomic mass is 10.0. The van der Waals surface area contributed by atoms with Gasteiger partial charge in [0.2, 0.25) is 0 Å². The lowest BCUT2D eigenvalue weighted by molar-refractivity contribution is -0.137. The van der Waals surface area contributed by atoms with Gasteiger partial charge in [-0.15, -0.1) is 0 Å². The maximum atomic E-state index is 11.9. The Bertz CT molecular complexity index is 1010. The molecule has 1 heterocycles. The third kappa shape index (κ3) is 5.32. The number of ether oxygens (including phenoxy) is 1. The van der Waals surface area contributed by atoms with E-state index >= 15 is 0 Å². The number of aromatic nitrogens is 2. The monoisotopic (exact) mass is 406 g/mol. The van der Waals surface area contributed by atoms with Crippen molar-refractivity contribution in [3.63, 3.8) is 0 Å². The number of aliphatic carboxylic acids is 1. The Hall–Kier alpha value is -3.94. The number of hydrogen-bond donors (Lipinski definition) is 2. The van der Waals surface area contributed by atoms with Gasteiger partial charge in [-0.25, -0.2) is 19.6 Å². The van der Waals surface area contributed by atoms with E-state index in [1.54, 1.807) is 44.6 Å². The first-order chi connectivity index (χ1) is 14.4. The smallest absolute Gasteiger partial charge is 0.414 e. The van der Waals surface area contributed by atoms with Gasteiger partial charge in [-0.2, -0.15) is 0 Å². The number of carboxylic acid groups (broad SMARTS) is 1. The second kappa shape index (κ2) is 9.51. The minimum atomic E-state index is -1.00. The van der Waals surface area contributed by atoms with Crippen LogP contribution in [0.1, 0.15) is 5.56 Å². The van der Waals surface area contributed by atoms with Crippen molar-refractivity contribution in [3.8, 4) is 16.9 Å². The fourth-order valence-electron chi connectivity index (χ4n) is 2.76. The minimum Gasteiger partial charge on any atom is -0.480 e. The molecule has 1 aromatic heterocycles. The Morgan fingerprint density at radius 3 is 2.43 bits per heavy atom. The summed E-state index contributed by atoms with van der Waals surface area (Å²) in [5.41, 5.74) is 2.38. The van der Waals surface area contributed by atoms with Crippen LogP contribution in [0, 0.1) is 0 Å². The first-order valence-electron chi connectivity index (χ1n) is 9.27. The number of nitrogens with one attached hydrogen (secondary N) is 1. The van der Waals surface area contributed by atoms with Crippen LogP contribution < -0.4 is 10.1 Å². The average molecular weight is 406 g/mol. The molecule has 8 heteroatoms. The highest BCUT2D eigenvalue weighted by Gasteiger charge is 2.20. The van der Waals surface area contributed by atoms with Crippen molar-refractivity contribution in [2.45, 2.75) is 12.5 Å². The highest BCUT2D eigenvalue weighted by molar-refractivity contribution is 5.81. The standard InChI is InChI=1S/C22H22N4O4/c1-26(2)22(29)30-17-10-8-15(9-11-17)12-19(21(27)28)25-20-18(13-23-14-24-20)16-6-4-3-5-7-16/h3-11,13-14,19H,12H2,1-2H3,(H,27,28)(H,23,24,25)/t19-/m0/s1. The van der Waals surface area contributed by atoms with Crippen LogP contribution in [0.2, 0.25) is 0 Å². The number of carbonyl (C=O) groups excluding carboxylic acids is 1. The van der Waals surface area contributed by atoms with Crippen LogP contribution in [-0.4, -0.2) is 52.2 Å². The predicted octanol–water partition coefficient (Wildman–Crippen LogP) is 3.31. The topological polar surface area (TPSA) is 105 Å². The van der Waals surface area contributed by atoms with Gasteiger partial charge in [0.15, 0.2) is 0 Å². The second-order valence-electron chi connectivity index (χ2n) is 6.80. The molecule has 3 rings (SSSR count). The molecule has 30 heavy (non-hydrogen) atoms. The highest BCUT2D eigenvalue weighted by atomic mass is 16.6. The summed E-state index contributed by atoms with van der Waals surface area (Å²) in [6.45, 7) is 0. The molecule has 0 unspecified atom stereocenters. The molecule has 0 spiro atoms. The first kappa shape index (κ1) is 20.8. The highest BCUT2D eigenvalue weighted by Crippen LogP contribution is 2.26. The van der Waals surface area contributed by atoms with Gasteiger partial charge in [0.05, 0.1) is 0 Å². The molecular weight excluding hydrogens is 384 g/mol. The maximum absolute atomic E-state index is 11.9. The van der Waals surface area contributed by atoms with Gasteiger partial charge in [-0.3, -0.25) is 0 Å². The van der Waals surface area contributed by atoms with E-state index in [0.717, 1.165) is 16.7 Å². The van der Waals surface area contributed by atoms with Crippen LogP contribution in [-0.2, 0) is 11.2 Å². The summed E-state index contributed by atoms with van der Waals surface area (Å²) in [4.78, 5) is 33.1. The summed E-state index contributed by atoms with van der Waals surface area (Å²) in [5.74, 6) is -0.171. The van der Waals surface area contributed by atoms with Crippen LogP contribution in [0.15, 0.2) is 67.1 Å². The maximum Gasteiger partial charge on any atom is 0.414 e. The largest absolute Gasteiger partial charge is 0.480 e. The summed E-state index contributed by atoms with van der Waals surface area (Å²) in [5, 5.41) is 12.7. The zero-order valence-electron chi connectivity index (χ0n) is 16.6. The first-order valence-corrected chi connectivity index (χ1v) is 9.27. The normalized spacial score (nSPS) is 11.4. The van der Waals surface area contributed by atoms with E-state index in [9.17, 15) is 14.7 Å². The number of amides is 1. The van der Waals surface area contributed by atoms with Crippen LogP contribution >= 0.6 is 0 Å². The van der Waals surface area contributed by atoms with Gasteiger partial charge in [-0.1, -0.05) is 42.5 Å². The van der Waals surface area contributed by atoms with Gasteiger partial charge >= 0.3 is 12.1 Å². The van der Waals surface area contributed by atoms with Crippen molar-refractivity contribution >= 4 is 17.9 Å². The second-order valence-corrected chi connectivity index (χ2v) is 6.80. The SMILES string of the molecule is CN(C)C(=O)Oc1ccc(C[C@H](Nc2ncncc2-c2ccccc2)C(=O)O)cc1. The molecule has 0 aliphatic rings. The van der Waals surface area contributed by atoms with E-state index in [-0.39, 0.29) is 6.42 Å². The van der Waals surface area contributed by atoms with Gasteiger partial charge < -0.3 is 20.1 Å². The van der Waals surface area contributed by atoms with E-state index in [1.807, 2.05) is 30.3 Å². The van der Waals surface area contributed by atoms with Gasteiger partial charge in [0.25, 0.3) is 0 Å². The molecule has 1 amide bonds. The Labute approximate surface area is 174 Å². The molecule has 154 valence electrons. The quantitative estimate of drug-likeness (QED) is 0.620. The van der Waals surface area contributed by atoms with Gasteiger partial charge in [-0.05, 0) is 23.3 Å². The lowest BCUT2D eigenvalue weighted by Crippen LogP contribution is -2.32. The summed E-state index contributed by atoms with van der Waals surface area (Å²) < 4.78 is 5.18. The van der Waals surface area contributed by atoms with Crippen molar-refractivity contribution < 1.29 is 19.4 Å². The van der Waals surface area contributed by atoms with Crippen LogP contribution in [0.5, 0.6) is 5.75 Å². The number of carbonyl (C=O) groups is 2. The van der Waals surface area contributed by atoms with E-state index in [1.165, 1.54) is 11.2 Å². The molecule has 0 saturated carbocycles. The molecule has 2 N–H and O–H groups in total. The molecule has 2 aromatic carbocycles. The van der Waals surface area contributed by atoms with Gasteiger partial charge in [0, 0.05) is 32.3 Å². The molecule has 1 atom stereocenters. The number of anilines is 1. The zero-order valence-corrected chi connectivity index (χ0v) is 16.6. The van der Waals surface area contributed by atoms with E-state index in [4.69, 9.17) is 4.74 Å². The van der Waals surface area contributed by atoms with E-state index < -0.39 is 18.1 Å². The van der Waals surface area contributed by atoms with E-state index in [0.29, 0.717) is 11.6 Å². The summed E-state index contributed by atoms with van der Waals surface area (Å²) in [6.07, 6.45) is 2.76. The van der Waals surface area contributed by atoms with E-state index in [2.05, 4.69) is 15.3 Å². The number of carboxylic acids is 1. The predicted molar refractivity (Wildman–Crippen MR) is 112 cm³/mol. The molecule has 8 nitrogen and oxygen atoms in total. The van der Waals surface area contributed by atoms with Crippen molar-refractivity contribution in [3.05, 3.63) is 72.7 Å². The molecule has 0 radical (unpaired) electrons. The van der Waals surface area contributed by atoms with Crippen molar-refractivity contribution in [1.29, 1.82) is 0 Å². The third-order valence-corrected chi connectivity index (χ3v) is 4.34. The average Bonchev–Trinajstić information content (AvgIpc) is 2.75. The fraction of sp³-hybridized carbons (Fsp3) is 0.182. The Balaban J connectivity index is 1.75. The van der Waals surface area contributed by atoms with Crippen molar-refractivity contribution in [2.24, 2.45) is 0 Å². The lowest BCUT2D eigenvalue weighted by Gasteiger charge is -2.18. The number of benzene rings is 2. The molecule has 3 aromatic rings. The molecule has 0 bridgehead atoms. The molecule has 0 saturated heterocycles. The fourth-order valence-corrected chi connectivity index (χ4v) is 2.76. The number of rotatable bonds is 7. The number of nitrogens with zero attached hydrogens (tertiary/aromatic N) is 3. The molecule has 0 aliphatic heterocycles.